The average Bonchev–Trinajstić information content (AvgIpc) is 3.15. The van der Waals surface area contributed by atoms with E-state index in [4.69, 9.17) is 9.15 Å². The number of rotatable bonds is 6. The summed E-state index contributed by atoms with van der Waals surface area (Å²) in [7, 11) is 1.32. The van der Waals surface area contributed by atoms with Crippen molar-refractivity contribution in [2.75, 3.05) is 17.7 Å². The van der Waals surface area contributed by atoms with Gasteiger partial charge in [0.25, 0.3) is 17.5 Å². The van der Waals surface area contributed by atoms with Crippen LogP contribution in [0, 0.1) is 22.9 Å². The molecule has 9 nitrogen and oxygen atoms in total. The molecule has 0 aliphatic carbocycles. The summed E-state index contributed by atoms with van der Waals surface area (Å²) in [4.78, 5) is 35.2. The average molecular weight is 413 g/mol. The van der Waals surface area contributed by atoms with E-state index in [1.54, 1.807) is 6.92 Å². The molecule has 10 heteroatoms. The van der Waals surface area contributed by atoms with Crippen LogP contribution in [0.5, 0.6) is 5.75 Å². The van der Waals surface area contributed by atoms with Crippen LogP contribution in [-0.2, 0) is 0 Å². The van der Waals surface area contributed by atoms with E-state index in [0.29, 0.717) is 5.76 Å². The number of amides is 2. The molecule has 1 aromatic heterocycles. The lowest BCUT2D eigenvalue weighted by atomic mass is 10.1. The number of methoxy groups -OCH3 is 1. The Morgan fingerprint density at radius 3 is 2.43 bits per heavy atom. The van der Waals surface area contributed by atoms with Gasteiger partial charge in [-0.05, 0) is 37.3 Å². The van der Waals surface area contributed by atoms with Gasteiger partial charge in [0.1, 0.15) is 17.3 Å². The van der Waals surface area contributed by atoms with Crippen molar-refractivity contribution < 1.29 is 28.1 Å². The minimum Gasteiger partial charge on any atom is -0.496 e. The van der Waals surface area contributed by atoms with Crippen molar-refractivity contribution in [3.05, 3.63) is 81.5 Å². The van der Waals surface area contributed by atoms with Gasteiger partial charge in [-0.25, -0.2) is 4.39 Å². The monoisotopic (exact) mass is 413 g/mol. The summed E-state index contributed by atoms with van der Waals surface area (Å²) in [5, 5.41) is 15.9. The van der Waals surface area contributed by atoms with Gasteiger partial charge in [-0.15, -0.1) is 0 Å². The van der Waals surface area contributed by atoms with Crippen LogP contribution >= 0.6 is 0 Å². The second-order valence-corrected chi connectivity index (χ2v) is 6.14. The van der Waals surface area contributed by atoms with Gasteiger partial charge in [0.2, 0.25) is 0 Å². The van der Waals surface area contributed by atoms with E-state index in [-0.39, 0.29) is 33.9 Å². The Morgan fingerprint density at radius 2 is 1.80 bits per heavy atom. The smallest absolute Gasteiger partial charge is 0.270 e. The van der Waals surface area contributed by atoms with Crippen molar-refractivity contribution in [2.24, 2.45) is 0 Å². The van der Waals surface area contributed by atoms with Crippen LogP contribution in [-0.4, -0.2) is 23.8 Å². The number of hydrogen-bond acceptors (Lipinski definition) is 6. The molecule has 0 unspecified atom stereocenters. The summed E-state index contributed by atoms with van der Waals surface area (Å²) >= 11 is 0. The number of halogens is 1. The number of anilines is 2. The molecule has 3 aromatic rings. The minimum absolute atomic E-state index is 0.0735. The number of nitro groups is 1. The number of nitrogens with zero attached hydrogens (tertiary/aromatic N) is 1. The Labute approximate surface area is 169 Å². The van der Waals surface area contributed by atoms with Crippen LogP contribution < -0.4 is 15.4 Å². The third-order valence-corrected chi connectivity index (χ3v) is 4.21. The van der Waals surface area contributed by atoms with Crippen molar-refractivity contribution in [3.63, 3.8) is 0 Å². The predicted octanol–water partition coefficient (Wildman–Crippen LogP) is 4.15. The van der Waals surface area contributed by atoms with Gasteiger partial charge in [0, 0.05) is 17.8 Å². The highest BCUT2D eigenvalue weighted by Crippen LogP contribution is 2.26. The molecule has 0 atom stereocenters. The second kappa shape index (κ2) is 8.43. The first-order chi connectivity index (χ1) is 14.3. The molecular formula is C20H16FN3O6. The molecule has 0 spiro atoms. The summed E-state index contributed by atoms with van der Waals surface area (Å²) in [5.74, 6) is -1.50. The zero-order valence-electron chi connectivity index (χ0n) is 15.9. The van der Waals surface area contributed by atoms with Gasteiger partial charge in [-0.3, -0.25) is 19.7 Å². The molecule has 0 radical (unpaired) electrons. The number of nitro benzene ring substituents is 1. The molecule has 154 valence electrons. The summed E-state index contributed by atoms with van der Waals surface area (Å²) in [6.07, 6.45) is 1.34. The van der Waals surface area contributed by atoms with E-state index in [9.17, 15) is 24.1 Å². The molecule has 2 N–H and O–H groups in total. The molecule has 0 aliphatic heterocycles. The zero-order valence-corrected chi connectivity index (χ0v) is 15.9. The van der Waals surface area contributed by atoms with Gasteiger partial charge >= 0.3 is 0 Å². The number of hydrogen-bond donors (Lipinski definition) is 2. The van der Waals surface area contributed by atoms with Crippen LogP contribution in [0.3, 0.4) is 0 Å². The van der Waals surface area contributed by atoms with Gasteiger partial charge in [0.15, 0.2) is 0 Å². The molecule has 3 rings (SSSR count). The normalized spacial score (nSPS) is 10.4. The van der Waals surface area contributed by atoms with Gasteiger partial charge in [-0.1, -0.05) is 0 Å². The molecule has 0 aliphatic rings. The number of carbonyl (C=O) groups excluding carboxylic acids is 2. The highest BCUT2D eigenvalue weighted by atomic mass is 19.1. The number of aryl methyl sites for hydroxylation is 1. The summed E-state index contributed by atoms with van der Waals surface area (Å²) in [6, 6.07) is 8.61. The van der Waals surface area contributed by atoms with E-state index >= 15 is 0 Å². The lowest BCUT2D eigenvalue weighted by Gasteiger charge is -2.11. The quantitative estimate of drug-likeness (QED) is 0.462. The SMILES string of the molecule is COc1ccc([N+](=O)[O-])cc1C(=O)Nc1ccc(F)c(NC(=O)c2ccoc2C)c1. The van der Waals surface area contributed by atoms with E-state index in [2.05, 4.69) is 10.6 Å². The van der Waals surface area contributed by atoms with Crippen LogP contribution in [0.25, 0.3) is 0 Å². The molecule has 0 fully saturated rings. The fourth-order valence-corrected chi connectivity index (χ4v) is 2.69. The fraction of sp³-hybridized carbons (Fsp3) is 0.100. The minimum atomic E-state index is -0.713. The largest absolute Gasteiger partial charge is 0.496 e. The van der Waals surface area contributed by atoms with Crippen molar-refractivity contribution >= 4 is 28.9 Å². The second-order valence-electron chi connectivity index (χ2n) is 6.14. The number of non-ortho nitro benzene ring substituents is 1. The molecule has 30 heavy (non-hydrogen) atoms. The maximum atomic E-state index is 14.1. The molecule has 1 heterocycles. The number of carbonyl (C=O) groups is 2. The maximum Gasteiger partial charge on any atom is 0.270 e. The lowest BCUT2D eigenvalue weighted by molar-refractivity contribution is -0.384. The Kier molecular flexibility index (Phi) is 5.77. The maximum absolute atomic E-state index is 14.1. The van der Waals surface area contributed by atoms with E-state index in [0.717, 1.165) is 12.1 Å². The van der Waals surface area contributed by atoms with Crippen molar-refractivity contribution in [1.29, 1.82) is 0 Å². The highest BCUT2D eigenvalue weighted by molar-refractivity contribution is 6.08. The Hall–Kier alpha value is -4.21. The molecule has 2 amide bonds. The first-order valence-corrected chi connectivity index (χ1v) is 8.59. The molecule has 0 bridgehead atoms. The predicted molar refractivity (Wildman–Crippen MR) is 105 cm³/mol. The molecular weight excluding hydrogens is 397 g/mol. The van der Waals surface area contributed by atoms with Gasteiger partial charge in [0.05, 0.1) is 35.1 Å². The number of furan rings is 1. The standard InChI is InChI=1S/C20H16FN3O6/c1-11-14(7-8-30-11)19(25)23-17-9-12(3-5-16(17)21)22-20(26)15-10-13(24(27)28)4-6-18(15)29-2/h3-10H,1-2H3,(H,22,26)(H,23,25). The number of nitrogens with one attached hydrogen (secondary N) is 2. The van der Waals surface area contributed by atoms with Crippen molar-refractivity contribution in [2.45, 2.75) is 6.92 Å². The zero-order chi connectivity index (χ0) is 21.8. The lowest BCUT2D eigenvalue weighted by Crippen LogP contribution is -2.16. The summed E-state index contributed by atoms with van der Waals surface area (Å²) in [5.41, 5.74) is -0.122. The molecule has 0 saturated carbocycles. The fourth-order valence-electron chi connectivity index (χ4n) is 2.69. The molecule has 2 aromatic carbocycles. The molecule has 0 saturated heterocycles. The highest BCUT2D eigenvalue weighted by Gasteiger charge is 2.19. The number of benzene rings is 2. The summed E-state index contributed by atoms with van der Waals surface area (Å²) in [6.45, 7) is 1.59. The van der Waals surface area contributed by atoms with Crippen LogP contribution in [0.1, 0.15) is 26.5 Å². The third-order valence-electron chi connectivity index (χ3n) is 4.21. The van der Waals surface area contributed by atoms with Crippen LogP contribution in [0.4, 0.5) is 21.5 Å². The Balaban J connectivity index is 1.84. The number of ether oxygens (including phenoxy) is 1. The van der Waals surface area contributed by atoms with Crippen molar-refractivity contribution in [1.82, 2.24) is 0 Å². The van der Waals surface area contributed by atoms with Crippen LogP contribution in [0.15, 0.2) is 53.1 Å². The first-order valence-electron chi connectivity index (χ1n) is 8.59. The van der Waals surface area contributed by atoms with Gasteiger partial charge < -0.3 is 19.8 Å². The van der Waals surface area contributed by atoms with Crippen LogP contribution in [0.2, 0.25) is 0 Å². The third kappa shape index (κ3) is 4.27. The first kappa shape index (κ1) is 20.5. The Bertz CT molecular complexity index is 1140. The van der Waals surface area contributed by atoms with E-state index in [1.165, 1.54) is 43.7 Å². The van der Waals surface area contributed by atoms with E-state index < -0.39 is 22.6 Å². The van der Waals surface area contributed by atoms with Gasteiger partial charge in [-0.2, -0.15) is 0 Å². The summed E-state index contributed by atoms with van der Waals surface area (Å²) < 4.78 is 24.3. The Morgan fingerprint density at radius 1 is 1.07 bits per heavy atom. The van der Waals surface area contributed by atoms with E-state index in [1.807, 2.05) is 0 Å². The topological polar surface area (TPSA) is 124 Å². The van der Waals surface area contributed by atoms with Crippen molar-refractivity contribution in [3.8, 4) is 5.75 Å².